The molecule has 0 unspecified atom stereocenters. The molecule has 4 heteroatoms. The van der Waals surface area contributed by atoms with Gasteiger partial charge in [-0.1, -0.05) is 27.2 Å². The Morgan fingerprint density at radius 3 is 2.82 bits per heavy atom. The average molecular weight is 304 g/mol. The van der Waals surface area contributed by atoms with E-state index in [1.807, 2.05) is 4.68 Å². The fourth-order valence-corrected chi connectivity index (χ4v) is 3.64. The van der Waals surface area contributed by atoms with Crippen LogP contribution >= 0.6 is 0 Å². The molecular weight excluding hydrogens is 276 g/mol. The Balaban J connectivity index is 1.67. The Labute approximate surface area is 133 Å². The number of carbonyl (C=O) groups excluding carboxylic acids is 1. The molecule has 3 atom stereocenters. The summed E-state index contributed by atoms with van der Waals surface area (Å²) in [6.45, 7) is 7.58. The van der Waals surface area contributed by atoms with E-state index in [0.29, 0.717) is 29.4 Å². The second-order valence-electron chi connectivity index (χ2n) is 7.61. The molecule has 0 aliphatic heterocycles. The third kappa shape index (κ3) is 3.53. The summed E-state index contributed by atoms with van der Waals surface area (Å²) in [4.78, 5) is 12.6. The maximum Gasteiger partial charge on any atom is 0.356 e. The van der Waals surface area contributed by atoms with Crippen LogP contribution in [0.5, 0.6) is 0 Å². The van der Waals surface area contributed by atoms with Crippen molar-refractivity contribution in [3.05, 3.63) is 18.0 Å². The van der Waals surface area contributed by atoms with Gasteiger partial charge in [-0.15, -0.1) is 0 Å². The van der Waals surface area contributed by atoms with Crippen molar-refractivity contribution < 1.29 is 9.53 Å². The Bertz CT molecular complexity index is 519. The zero-order chi connectivity index (χ0) is 15.7. The number of carbonyl (C=O) groups is 1. The van der Waals surface area contributed by atoms with E-state index in [0.717, 1.165) is 19.4 Å². The SMILES string of the molecule is CC(C)[C@H]1CC[C@H](C)C[C@@H]1OC(=O)c1ccnn1CC1CC1. The van der Waals surface area contributed by atoms with Gasteiger partial charge in [0.2, 0.25) is 0 Å². The predicted molar refractivity (Wildman–Crippen MR) is 85.5 cm³/mol. The van der Waals surface area contributed by atoms with Crippen LogP contribution < -0.4 is 0 Å². The molecule has 0 amide bonds. The molecule has 2 saturated carbocycles. The molecule has 1 aromatic rings. The number of hydrogen-bond donors (Lipinski definition) is 0. The number of nitrogens with zero attached hydrogens (tertiary/aromatic N) is 2. The summed E-state index contributed by atoms with van der Waals surface area (Å²) in [6, 6.07) is 1.79. The van der Waals surface area contributed by atoms with Crippen molar-refractivity contribution in [2.75, 3.05) is 0 Å². The fraction of sp³-hybridized carbons (Fsp3) is 0.778. The molecule has 1 heterocycles. The quantitative estimate of drug-likeness (QED) is 0.775. The van der Waals surface area contributed by atoms with Crippen LogP contribution in [0.2, 0.25) is 0 Å². The molecule has 2 aliphatic carbocycles. The molecule has 0 bridgehead atoms. The lowest BCUT2D eigenvalue weighted by Gasteiger charge is -2.36. The van der Waals surface area contributed by atoms with E-state index < -0.39 is 0 Å². The molecule has 1 aromatic heterocycles. The van der Waals surface area contributed by atoms with Crippen molar-refractivity contribution in [2.45, 2.75) is 65.5 Å². The minimum absolute atomic E-state index is 0.0560. The molecule has 2 aliphatic rings. The third-order valence-electron chi connectivity index (χ3n) is 5.27. The molecule has 22 heavy (non-hydrogen) atoms. The first kappa shape index (κ1) is 15.6. The van der Waals surface area contributed by atoms with Crippen molar-refractivity contribution in [3.8, 4) is 0 Å². The van der Waals surface area contributed by atoms with Crippen LogP contribution in [0.25, 0.3) is 0 Å². The van der Waals surface area contributed by atoms with E-state index in [1.54, 1.807) is 12.3 Å². The summed E-state index contributed by atoms with van der Waals surface area (Å²) in [5, 5.41) is 4.30. The lowest BCUT2D eigenvalue weighted by atomic mass is 9.75. The van der Waals surface area contributed by atoms with Crippen LogP contribution in [0.4, 0.5) is 0 Å². The number of esters is 1. The van der Waals surface area contributed by atoms with E-state index in [1.165, 1.54) is 19.3 Å². The van der Waals surface area contributed by atoms with Gasteiger partial charge in [0.25, 0.3) is 0 Å². The third-order valence-corrected chi connectivity index (χ3v) is 5.27. The molecule has 122 valence electrons. The van der Waals surface area contributed by atoms with Crippen molar-refractivity contribution in [1.29, 1.82) is 0 Å². The number of aromatic nitrogens is 2. The lowest BCUT2D eigenvalue weighted by molar-refractivity contribution is -0.0184. The van der Waals surface area contributed by atoms with Gasteiger partial charge in [-0.2, -0.15) is 5.10 Å². The molecule has 0 spiro atoms. The van der Waals surface area contributed by atoms with Crippen LogP contribution in [0.1, 0.15) is 63.4 Å². The summed E-state index contributed by atoms with van der Waals surface area (Å²) in [6.07, 6.45) is 7.68. The highest BCUT2D eigenvalue weighted by atomic mass is 16.5. The Morgan fingerprint density at radius 2 is 2.14 bits per heavy atom. The molecule has 0 aromatic carbocycles. The van der Waals surface area contributed by atoms with Gasteiger partial charge in [0.15, 0.2) is 0 Å². The molecule has 2 fully saturated rings. The molecule has 0 N–H and O–H groups in total. The Morgan fingerprint density at radius 1 is 1.36 bits per heavy atom. The monoisotopic (exact) mass is 304 g/mol. The average Bonchev–Trinajstić information content (AvgIpc) is 3.14. The molecular formula is C18H28N2O2. The highest BCUT2D eigenvalue weighted by Gasteiger charge is 2.34. The second-order valence-corrected chi connectivity index (χ2v) is 7.61. The Kier molecular flexibility index (Phi) is 4.55. The first-order valence-electron chi connectivity index (χ1n) is 8.77. The van der Waals surface area contributed by atoms with E-state index in [2.05, 4.69) is 25.9 Å². The van der Waals surface area contributed by atoms with Crippen LogP contribution in [0.3, 0.4) is 0 Å². The summed E-state index contributed by atoms with van der Waals surface area (Å²) in [5.74, 6) is 2.19. The first-order chi connectivity index (χ1) is 10.5. The zero-order valence-corrected chi connectivity index (χ0v) is 14.0. The number of rotatable bonds is 5. The summed E-state index contributed by atoms with van der Waals surface area (Å²) >= 11 is 0. The van der Waals surface area contributed by atoms with Gasteiger partial charge in [0.1, 0.15) is 11.8 Å². The van der Waals surface area contributed by atoms with Crippen molar-refractivity contribution in [3.63, 3.8) is 0 Å². The highest BCUT2D eigenvalue weighted by molar-refractivity contribution is 5.87. The van der Waals surface area contributed by atoms with Gasteiger partial charge in [0, 0.05) is 12.7 Å². The van der Waals surface area contributed by atoms with Gasteiger partial charge < -0.3 is 4.74 Å². The number of hydrogen-bond acceptors (Lipinski definition) is 3. The van der Waals surface area contributed by atoms with Gasteiger partial charge in [0.05, 0.1) is 0 Å². The smallest absolute Gasteiger partial charge is 0.356 e. The second kappa shape index (κ2) is 6.43. The van der Waals surface area contributed by atoms with Crippen LogP contribution in [0.15, 0.2) is 12.3 Å². The van der Waals surface area contributed by atoms with E-state index in [4.69, 9.17) is 4.74 Å². The molecule has 0 radical (unpaired) electrons. The minimum Gasteiger partial charge on any atom is -0.457 e. The largest absolute Gasteiger partial charge is 0.457 e. The van der Waals surface area contributed by atoms with Gasteiger partial charge in [-0.3, -0.25) is 4.68 Å². The van der Waals surface area contributed by atoms with Gasteiger partial charge in [-0.05, 0) is 55.4 Å². The molecule has 0 saturated heterocycles. The van der Waals surface area contributed by atoms with Crippen LogP contribution in [0, 0.1) is 23.7 Å². The first-order valence-corrected chi connectivity index (χ1v) is 8.77. The van der Waals surface area contributed by atoms with Crippen LogP contribution in [-0.4, -0.2) is 21.9 Å². The number of ether oxygens (including phenoxy) is 1. The molecule has 3 rings (SSSR count). The predicted octanol–water partition coefficient (Wildman–Crippen LogP) is 3.91. The molecule has 4 nitrogen and oxygen atoms in total. The maximum atomic E-state index is 12.6. The van der Waals surface area contributed by atoms with E-state index in [-0.39, 0.29) is 12.1 Å². The van der Waals surface area contributed by atoms with E-state index >= 15 is 0 Å². The Hall–Kier alpha value is -1.32. The maximum absolute atomic E-state index is 12.6. The van der Waals surface area contributed by atoms with Crippen molar-refractivity contribution >= 4 is 5.97 Å². The highest BCUT2D eigenvalue weighted by Crippen LogP contribution is 2.36. The van der Waals surface area contributed by atoms with Crippen molar-refractivity contribution in [2.24, 2.45) is 23.7 Å². The van der Waals surface area contributed by atoms with E-state index in [9.17, 15) is 4.79 Å². The lowest BCUT2D eigenvalue weighted by Crippen LogP contribution is -2.36. The normalized spacial score (nSPS) is 28.8. The topological polar surface area (TPSA) is 44.1 Å². The van der Waals surface area contributed by atoms with Crippen molar-refractivity contribution in [1.82, 2.24) is 9.78 Å². The van der Waals surface area contributed by atoms with Crippen LogP contribution in [-0.2, 0) is 11.3 Å². The zero-order valence-electron chi connectivity index (χ0n) is 14.0. The summed E-state index contributed by atoms with van der Waals surface area (Å²) < 4.78 is 7.75. The summed E-state index contributed by atoms with van der Waals surface area (Å²) in [5.41, 5.74) is 0.618. The minimum atomic E-state index is -0.192. The van der Waals surface area contributed by atoms with Gasteiger partial charge >= 0.3 is 5.97 Å². The fourth-order valence-electron chi connectivity index (χ4n) is 3.64. The van der Waals surface area contributed by atoms with Gasteiger partial charge in [-0.25, -0.2) is 4.79 Å². The summed E-state index contributed by atoms with van der Waals surface area (Å²) in [7, 11) is 0. The standard InChI is InChI=1S/C18H28N2O2/c1-12(2)15-7-4-13(3)10-17(15)22-18(21)16-8-9-19-20(16)11-14-5-6-14/h8-9,12-15,17H,4-7,10-11H2,1-3H3/t13-,15+,17-/m0/s1.